The van der Waals surface area contributed by atoms with Gasteiger partial charge in [-0.3, -0.25) is 4.79 Å². The summed E-state index contributed by atoms with van der Waals surface area (Å²) in [5.74, 6) is -1.48. The Hall–Kier alpha value is -2.00. The number of rotatable bonds is 6. The average Bonchev–Trinajstić information content (AvgIpc) is 2.99. The third-order valence-electron chi connectivity index (χ3n) is 4.19. The lowest BCUT2D eigenvalue weighted by atomic mass is 9.84. The Labute approximate surface area is 158 Å². The van der Waals surface area contributed by atoms with Gasteiger partial charge >= 0.3 is 6.18 Å². The fourth-order valence-corrected chi connectivity index (χ4v) is 3.48. The molecule has 0 aliphatic heterocycles. The highest BCUT2D eigenvalue weighted by molar-refractivity contribution is 7.09. The van der Waals surface area contributed by atoms with E-state index in [9.17, 15) is 27.5 Å². The first-order valence-electron chi connectivity index (χ1n) is 8.10. The number of halogens is 4. The van der Waals surface area contributed by atoms with Crippen LogP contribution in [-0.4, -0.2) is 28.7 Å². The van der Waals surface area contributed by atoms with Crippen LogP contribution in [0.4, 0.5) is 17.6 Å². The number of hydrogen-bond acceptors (Lipinski definition) is 4. The molecule has 1 aromatic carbocycles. The molecular formula is C18H20F4N2O2S. The maximum absolute atomic E-state index is 14.0. The molecule has 0 spiro atoms. The molecule has 9 heteroatoms. The quantitative estimate of drug-likeness (QED) is 0.720. The van der Waals surface area contributed by atoms with Crippen molar-refractivity contribution in [1.82, 2.24) is 10.3 Å². The van der Waals surface area contributed by atoms with Crippen molar-refractivity contribution in [3.63, 3.8) is 0 Å². The number of aryl methyl sites for hydroxylation is 1. The Balaban J connectivity index is 2.14. The van der Waals surface area contributed by atoms with Crippen molar-refractivity contribution >= 4 is 17.2 Å². The molecule has 1 atom stereocenters. The van der Waals surface area contributed by atoms with Crippen molar-refractivity contribution < 1.29 is 27.5 Å². The molecule has 0 aliphatic carbocycles. The number of nitrogens with one attached hydrogen (secondary N) is 1. The lowest BCUT2D eigenvalue weighted by Gasteiger charge is -2.30. The largest absolute Gasteiger partial charge is 0.424 e. The summed E-state index contributed by atoms with van der Waals surface area (Å²) in [7, 11) is 0. The van der Waals surface area contributed by atoms with Crippen LogP contribution in [0.15, 0.2) is 29.6 Å². The number of aromatic nitrogens is 1. The van der Waals surface area contributed by atoms with Gasteiger partial charge in [0.15, 0.2) is 0 Å². The number of amides is 1. The first-order valence-corrected chi connectivity index (χ1v) is 8.98. The molecule has 4 nitrogen and oxygen atoms in total. The zero-order valence-corrected chi connectivity index (χ0v) is 15.8. The minimum absolute atomic E-state index is 0.0996. The highest BCUT2D eigenvalue weighted by Gasteiger charge is 2.58. The van der Waals surface area contributed by atoms with Crippen molar-refractivity contribution in [2.45, 2.75) is 44.4 Å². The number of thiazole rings is 1. The van der Waals surface area contributed by atoms with Gasteiger partial charge < -0.3 is 10.4 Å². The lowest BCUT2D eigenvalue weighted by Crippen LogP contribution is -2.47. The number of nitrogens with zero attached hydrogens (tertiary/aromatic N) is 1. The fourth-order valence-electron chi connectivity index (χ4n) is 2.56. The second-order valence-corrected chi connectivity index (χ2v) is 7.83. The third-order valence-corrected chi connectivity index (χ3v) is 5.30. The second-order valence-electron chi connectivity index (χ2n) is 6.97. The second kappa shape index (κ2) is 7.55. The third kappa shape index (κ3) is 4.65. The van der Waals surface area contributed by atoms with Gasteiger partial charge in [-0.1, -0.05) is 32.0 Å². The highest BCUT2D eigenvalue weighted by Crippen LogP contribution is 2.42. The van der Waals surface area contributed by atoms with Gasteiger partial charge in [-0.2, -0.15) is 13.2 Å². The number of carbonyl (C=O) groups excluding carboxylic acids is 1. The summed E-state index contributed by atoms with van der Waals surface area (Å²) in [6.07, 6.45) is -6.30. The Morgan fingerprint density at radius 1 is 1.26 bits per heavy atom. The van der Waals surface area contributed by atoms with E-state index in [-0.39, 0.29) is 6.54 Å². The van der Waals surface area contributed by atoms with Crippen LogP contribution in [0.1, 0.15) is 36.5 Å². The van der Waals surface area contributed by atoms with Crippen LogP contribution >= 0.6 is 11.3 Å². The Morgan fingerprint density at radius 2 is 1.89 bits per heavy atom. The number of alkyl halides is 3. The van der Waals surface area contributed by atoms with Gasteiger partial charge in [-0.05, 0) is 18.6 Å². The standard InChI is InChI=1S/C18H20F4N2O2S/c1-11-9-27-15(24-11)17(26,18(20,21)22)8-14(25)23-10-16(2,3)12-6-4-5-7-13(12)19/h4-7,9,26H,8,10H2,1-3H3,(H,23,25). The molecule has 0 aliphatic rings. The van der Waals surface area contributed by atoms with Gasteiger partial charge in [-0.25, -0.2) is 9.37 Å². The van der Waals surface area contributed by atoms with Crippen LogP contribution in [0.3, 0.4) is 0 Å². The smallest absolute Gasteiger partial charge is 0.374 e. The number of benzene rings is 1. The maximum atomic E-state index is 14.0. The Kier molecular flexibility index (Phi) is 5.96. The van der Waals surface area contributed by atoms with E-state index in [0.717, 1.165) is 0 Å². The average molecular weight is 404 g/mol. The number of aliphatic hydroxyl groups is 1. The summed E-state index contributed by atoms with van der Waals surface area (Å²) in [5, 5.41) is 13.3. The molecule has 1 heterocycles. The summed E-state index contributed by atoms with van der Waals surface area (Å²) < 4.78 is 54.3. The topological polar surface area (TPSA) is 62.2 Å². The van der Waals surface area contributed by atoms with Crippen molar-refractivity contribution in [3.8, 4) is 0 Å². The molecule has 0 bridgehead atoms. The van der Waals surface area contributed by atoms with E-state index in [1.54, 1.807) is 26.0 Å². The van der Waals surface area contributed by atoms with Crippen molar-refractivity contribution in [1.29, 1.82) is 0 Å². The van der Waals surface area contributed by atoms with Gasteiger partial charge in [0.25, 0.3) is 0 Å². The van der Waals surface area contributed by atoms with Gasteiger partial charge in [0.1, 0.15) is 10.8 Å². The van der Waals surface area contributed by atoms with Crippen LogP contribution in [0.25, 0.3) is 0 Å². The number of hydrogen-bond donors (Lipinski definition) is 2. The molecule has 1 unspecified atom stereocenters. The van der Waals surface area contributed by atoms with Gasteiger partial charge in [-0.15, -0.1) is 11.3 Å². The summed E-state index contributed by atoms with van der Waals surface area (Å²) in [4.78, 5) is 15.8. The van der Waals surface area contributed by atoms with E-state index in [0.29, 0.717) is 22.6 Å². The van der Waals surface area contributed by atoms with E-state index in [1.807, 2.05) is 0 Å². The summed E-state index contributed by atoms with van der Waals surface area (Å²) in [6.45, 7) is 4.71. The molecule has 0 saturated carbocycles. The molecule has 0 saturated heterocycles. The highest BCUT2D eigenvalue weighted by atomic mass is 32.1. The minimum Gasteiger partial charge on any atom is -0.374 e. The normalized spacial score (nSPS) is 14.7. The summed E-state index contributed by atoms with van der Waals surface area (Å²) >= 11 is 0.637. The van der Waals surface area contributed by atoms with Crippen LogP contribution in [0.5, 0.6) is 0 Å². The van der Waals surface area contributed by atoms with Gasteiger partial charge in [0, 0.05) is 23.0 Å². The maximum Gasteiger partial charge on any atom is 0.424 e. The van der Waals surface area contributed by atoms with E-state index in [2.05, 4.69) is 10.3 Å². The Bertz CT molecular complexity index is 820. The van der Waals surface area contributed by atoms with E-state index >= 15 is 0 Å². The zero-order valence-electron chi connectivity index (χ0n) is 15.0. The molecule has 148 valence electrons. The van der Waals surface area contributed by atoms with E-state index in [4.69, 9.17) is 0 Å². The minimum atomic E-state index is -5.07. The molecule has 2 N–H and O–H groups in total. The number of carbonyl (C=O) groups is 1. The molecule has 2 aromatic rings. The molecular weight excluding hydrogens is 384 g/mol. The molecule has 0 fully saturated rings. The molecule has 1 amide bonds. The fraction of sp³-hybridized carbons (Fsp3) is 0.444. The van der Waals surface area contributed by atoms with Gasteiger partial charge in [0.2, 0.25) is 11.5 Å². The van der Waals surface area contributed by atoms with Gasteiger partial charge in [0.05, 0.1) is 6.42 Å². The predicted octanol–water partition coefficient (Wildman–Crippen LogP) is 3.82. The SMILES string of the molecule is Cc1csc(C(O)(CC(=O)NCC(C)(C)c2ccccc2F)C(F)(F)F)n1. The van der Waals surface area contributed by atoms with Crippen molar-refractivity contribution in [3.05, 3.63) is 51.7 Å². The van der Waals surface area contributed by atoms with E-state index in [1.165, 1.54) is 24.4 Å². The van der Waals surface area contributed by atoms with Crippen molar-refractivity contribution in [2.24, 2.45) is 0 Å². The summed E-state index contributed by atoms with van der Waals surface area (Å²) in [6, 6.07) is 5.97. The molecule has 1 aromatic heterocycles. The Morgan fingerprint density at radius 3 is 2.41 bits per heavy atom. The van der Waals surface area contributed by atoms with Crippen LogP contribution in [-0.2, 0) is 15.8 Å². The molecule has 2 rings (SSSR count). The van der Waals surface area contributed by atoms with Crippen LogP contribution in [0, 0.1) is 12.7 Å². The zero-order chi connectivity index (χ0) is 20.5. The molecule has 27 heavy (non-hydrogen) atoms. The van der Waals surface area contributed by atoms with E-state index < -0.39 is 40.3 Å². The predicted molar refractivity (Wildman–Crippen MR) is 93.9 cm³/mol. The molecule has 0 radical (unpaired) electrons. The summed E-state index contributed by atoms with van der Waals surface area (Å²) in [5.41, 5.74) is -3.58. The first kappa shape index (κ1) is 21.3. The monoisotopic (exact) mass is 404 g/mol. The van der Waals surface area contributed by atoms with Crippen LogP contribution < -0.4 is 5.32 Å². The van der Waals surface area contributed by atoms with Crippen LogP contribution in [0.2, 0.25) is 0 Å². The lowest BCUT2D eigenvalue weighted by molar-refractivity contribution is -0.267. The first-order chi connectivity index (χ1) is 12.4. The van der Waals surface area contributed by atoms with Crippen molar-refractivity contribution in [2.75, 3.05) is 6.54 Å².